The summed E-state index contributed by atoms with van der Waals surface area (Å²) >= 11 is 0. The highest BCUT2D eigenvalue weighted by atomic mass is 32.2. The van der Waals surface area contributed by atoms with Gasteiger partial charge >= 0.3 is 0 Å². The summed E-state index contributed by atoms with van der Waals surface area (Å²) in [6, 6.07) is 6.98. The largest absolute Gasteiger partial charge is 0.490 e. The van der Waals surface area contributed by atoms with Crippen LogP contribution in [0.3, 0.4) is 0 Å². The molecule has 1 aliphatic rings. The Morgan fingerprint density at radius 3 is 2.70 bits per heavy atom. The van der Waals surface area contributed by atoms with E-state index in [1.54, 1.807) is 29.3 Å². The summed E-state index contributed by atoms with van der Waals surface area (Å²) in [6.07, 6.45) is 0. The smallest absolute Gasteiger partial charge is 0.227 e. The van der Waals surface area contributed by atoms with Crippen LogP contribution in [-0.2, 0) is 14.8 Å². The lowest BCUT2D eigenvalue weighted by molar-refractivity contribution is 0.0272. The number of anilines is 1. The van der Waals surface area contributed by atoms with Gasteiger partial charge in [0.15, 0.2) is 0 Å². The lowest BCUT2D eigenvalue weighted by Crippen LogP contribution is -2.49. The zero-order chi connectivity index (χ0) is 14.4. The second-order valence-electron chi connectivity index (χ2n) is 4.40. The molecule has 0 bridgehead atoms. The van der Waals surface area contributed by atoms with Crippen molar-refractivity contribution in [3.63, 3.8) is 0 Å². The standard InChI is InChI=1S/C12H19N3O4S/c13-11-3-1-2-4-12(11)19-9-10-20(16,17)14-15-5-7-18-8-6-15/h1-4,14H,5-10,13H2. The summed E-state index contributed by atoms with van der Waals surface area (Å²) in [5, 5.41) is 1.63. The zero-order valence-electron chi connectivity index (χ0n) is 11.1. The van der Waals surface area contributed by atoms with Crippen molar-refractivity contribution in [1.29, 1.82) is 0 Å². The molecule has 0 unspecified atom stereocenters. The Balaban J connectivity index is 1.79. The molecule has 1 aromatic rings. The summed E-state index contributed by atoms with van der Waals surface area (Å²) in [4.78, 5) is 2.51. The van der Waals surface area contributed by atoms with Crippen LogP contribution in [0, 0.1) is 0 Å². The Labute approximate surface area is 118 Å². The molecule has 0 saturated carbocycles. The molecule has 1 aliphatic heterocycles. The van der Waals surface area contributed by atoms with Crippen LogP contribution in [0.2, 0.25) is 0 Å². The number of hydrazine groups is 1. The van der Waals surface area contributed by atoms with Crippen LogP contribution >= 0.6 is 0 Å². The van der Waals surface area contributed by atoms with Crippen LogP contribution in [0.4, 0.5) is 5.69 Å². The summed E-state index contributed by atoms with van der Waals surface area (Å²) in [5.41, 5.74) is 6.20. The predicted molar refractivity (Wildman–Crippen MR) is 75.7 cm³/mol. The van der Waals surface area contributed by atoms with Gasteiger partial charge < -0.3 is 15.2 Å². The molecule has 0 aromatic heterocycles. The average Bonchev–Trinajstić information content (AvgIpc) is 2.41. The van der Waals surface area contributed by atoms with Crippen LogP contribution in [0.25, 0.3) is 0 Å². The van der Waals surface area contributed by atoms with Crippen molar-refractivity contribution in [1.82, 2.24) is 9.84 Å². The Morgan fingerprint density at radius 1 is 1.30 bits per heavy atom. The molecule has 20 heavy (non-hydrogen) atoms. The lowest BCUT2D eigenvalue weighted by atomic mass is 10.3. The van der Waals surface area contributed by atoms with E-state index >= 15 is 0 Å². The first-order valence-corrected chi connectivity index (χ1v) is 8.02. The number of nitrogens with two attached hydrogens (primary N) is 1. The fourth-order valence-electron chi connectivity index (χ4n) is 1.77. The normalized spacial score (nSPS) is 17.0. The molecule has 112 valence electrons. The van der Waals surface area contributed by atoms with E-state index in [0.29, 0.717) is 37.7 Å². The molecule has 1 aromatic carbocycles. The van der Waals surface area contributed by atoms with E-state index in [1.165, 1.54) is 0 Å². The fourth-order valence-corrected chi connectivity index (χ4v) is 2.74. The van der Waals surface area contributed by atoms with E-state index < -0.39 is 10.0 Å². The molecular weight excluding hydrogens is 282 g/mol. The Hall–Kier alpha value is -1.35. The Morgan fingerprint density at radius 2 is 2.00 bits per heavy atom. The number of nitrogens with one attached hydrogen (secondary N) is 1. The van der Waals surface area contributed by atoms with Crippen molar-refractivity contribution >= 4 is 15.7 Å². The number of nitrogens with zero attached hydrogens (tertiary/aromatic N) is 1. The van der Waals surface area contributed by atoms with Gasteiger partial charge in [-0.2, -0.15) is 0 Å². The monoisotopic (exact) mass is 301 g/mol. The maximum atomic E-state index is 11.9. The third-order valence-corrected chi connectivity index (χ3v) is 4.05. The van der Waals surface area contributed by atoms with Gasteiger partial charge in [0.2, 0.25) is 10.0 Å². The molecule has 0 spiro atoms. The van der Waals surface area contributed by atoms with E-state index in [0.717, 1.165) is 0 Å². The summed E-state index contributed by atoms with van der Waals surface area (Å²) < 4.78 is 34.3. The molecule has 0 aliphatic carbocycles. The van der Waals surface area contributed by atoms with Crippen molar-refractivity contribution in [2.75, 3.05) is 44.4 Å². The number of hydrogen-bond acceptors (Lipinski definition) is 6. The first-order chi connectivity index (χ1) is 9.57. The number of hydrogen-bond donors (Lipinski definition) is 2. The number of benzene rings is 1. The highest BCUT2D eigenvalue weighted by Gasteiger charge is 2.18. The molecule has 0 radical (unpaired) electrons. The van der Waals surface area contributed by atoms with Crippen LogP contribution in [0.1, 0.15) is 0 Å². The molecule has 0 atom stereocenters. The third-order valence-electron chi connectivity index (χ3n) is 2.81. The molecule has 1 fully saturated rings. The fraction of sp³-hybridized carbons (Fsp3) is 0.500. The zero-order valence-corrected chi connectivity index (χ0v) is 11.9. The van der Waals surface area contributed by atoms with E-state index in [2.05, 4.69) is 4.83 Å². The predicted octanol–water partition coefficient (Wildman–Crippen LogP) is -0.186. The maximum Gasteiger partial charge on any atom is 0.227 e. The molecule has 7 nitrogen and oxygen atoms in total. The summed E-state index contributed by atoms with van der Waals surface area (Å²) in [5.74, 6) is 0.368. The average molecular weight is 301 g/mol. The highest BCUT2D eigenvalue weighted by molar-refractivity contribution is 7.89. The molecule has 1 saturated heterocycles. The minimum atomic E-state index is -3.41. The minimum absolute atomic E-state index is 0.0495. The van der Waals surface area contributed by atoms with Gasteiger partial charge in [-0.25, -0.2) is 13.4 Å². The second-order valence-corrected chi connectivity index (χ2v) is 6.22. The van der Waals surface area contributed by atoms with Gasteiger partial charge in [-0.1, -0.05) is 12.1 Å². The van der Waals surface area contributed by atoms with E-state index in [9.17, 15) is 8.42 Å². The molecule has 0 amide bonds. The van der Waals surface area contributed by atoms with Gasteiger partial charge in [0.25, 0.3) is 0 Å². The molecule has 3 N–H and O–H groups in total. The van der Waals surface area contributed by atoms with Gasteiger partial charge in [0.1, 0.15) is 12.4 Å². The number of para-hydroxylation sites is 2. The molecule has 1 heterocycles. The van der Waals surface area contributed by atoms with Gasteiger partial charge in [0, 0.05) is 13.1 Å². The summed E-state index contributed by atoms with van der Waals surface area (Å²) in [7, 11) is -3.41. The van der Waals surface area contributed by atoms with Crippen LogP contribution < -0.4 is 15.3 Å². The third kappa shape index (κ3) is 4.64. The molecular formula is C12H19N3O4S. The van der Waals surface area contributed by atoms with E-state index in [4.69, 9.17) is 15.2 Å². The number of sulfonamides is 1. The summed E-state index contributed by atoms with van der Waals surface area (Å²) in [6.45, 7) is 2.20. The van der Waals surface area contributed by atoms with Gasteiger partial charge in [-0.05, 0) is 12.1 Å². The maximum absolute atomic E-state index is 11.9. The molecule has 8 heteroatoms. The van der Waals surface area contributed by atoms with Crippen LogP contribution in [-0.4, -0.2) is 52.1 Å². The van der Waals surface area contributed by atoms with Crippen LogP contribution in [0.5, 0.6) is 5.75 Å². The first kappa shape index (κ1) is 15.0. The quantitative estimate of drug-likeness (QED) is 0.708. The van der Waals surface area contributed by atoms with Gasteiger partial charge in [0.05, 0.1) is 24.7 Å². The Kier molecular flexibility index (Phi) is 5.18. The first-order valence-electron chi connectivity index (χ1n) is 6.37. The van der Waals surface area contributed by atoms with Crippen molar-refractivity contribution in [3.05, 3.63) is 24.3 Å². The van der Waals surface area contributed by atoms with Crippen LogP contribution in [0.15, 0.2) is 24.3 Å². The minimum Gasteiger partial charge on any atom is -0.490 e. The van der Waals surface area contributed by atoms with E-state index in [-0.39, 0.29) is 12.4 Å². The number of ether oxygens (including phenoxy) is 2. The van der Waals surface area contributed by atoms with Gasteiger partial charge in [-0.15, -0.1) is 4.83 Å². The highest BCUT2D eigenvalue weighted by Crippen LogP contribution is 2.19. The second kappa shape index (κ2) is 6.89. The van der Waals surface area contributed by atoms with Crippen molar-refractivity contribution < 1.29 is 17.9 Å². The SMILES string of the molecule is Nc1ccccc1OCCS(=O)(=O)NN1CCOCC1. The topological polar surface area (TPSA) is 93.9 Å². The lowest BCUT2D eigenvalue weighted by Gasteiger charge is -2.26. The van der Waals surface area contributed by atoms with Gasteiger partial charge in [-0.3, -0.25) is 0 Å². The number of morpholine rings is 1. The Bertz CT molecular complexity index is 529. The number of rotatable bonds is 6. The van der Waals surface area contributed by atoms with E-state index in [1.807, 2.05) is 0 Å². The van der Waals surface area contributed by atoms with Crippen molar-refractivity contribution in [2.24, 2.45) is 0 Å². The van der Waals surface area contributed by atoms with Crippen molar-refractivity contribution in [3.8, 4) is 5.75 Å². The van der Waals surface area contributed by atoms with Crippen molar-refractivity contribution in [2.45, 2.75) is 0 Å². The molecule has 2 rings (SSSR count). The number of nitrogen functional groups attached to an aromatic ring is 1.